The van der Waals surface area contributed by atoms with Crippen LogP contribution in [0.1, 0.15) is 35.3 Å². The lowest BCUT2D eigenvalue weighted by atomic mass is 9.77. The molecule has 0 aliphatic rings. The zero-order valence-electron chi connectivity index (χ0n) is 11.5. The van der Waals surface area contributed by atoms with Crippen LogP contribution in [0.25, 0.3) is 0 Å². The molecule has 0 saturated carbocycles. The highest BCUT2D eigenvalue weighted by atomic mass is 16.1. The first kappa shape index (κ1) is 13.3. The number of aryl methyl sites for hydroxylation is 1. The van der Waals surface area contributed by atoms with Gasteiger partial charge in [0.15, 0.2) is 5.78 Å². The molecule has 1 heterocycles. The van der Waals surface area contributed by atoms with E-state index in [-0.39, 0.29) is 5.78 Å². The molecular weight excluding hydrogens is 236 g/mol. The van der Waals surface area contributed by atoms with Crippen LogP contribution < -0.4 is 5.73 Å². The van der Waals surface area contributed by atoms with Crippen molar-refractivity contribution in [3.63, 3.8) is 0 Å². The van der Waals surface area contributed by atoms with E-state index < -0.39 is 5.41 Å². The monoisotopic (exact) mass is 254 g/mol. The molecule has 2 rings (SSSR count). The van der Waals surface area contributed by atoms with Crippen molar-refractivity contribution in [3.05, 3.63) is 59.4 Å². The predicted molar refractivity (Wildman–Crippen MR) is 77.2 cm³/mol. The van der Waals surface area contributed by atoms with Gasteiger partial charge in [0.05, 0.1) is 5.41 Å². The van der Waals surface area contributed by atoms with E-state index in [1.807, 2.05) is 51.1 Å². The standard InChI is InChI=1S/C16H18N2O/c1-11-8-9-18-10-14(11)15(19)16(2,3)12-4-6-13(17)7-5-12/h4-10H,17H2,1-3H3. The first-order valence-corrected chi connectivity index (χ1v) is 6.24. The lowest BCUT2D eigenvalue weighted by molar-refractivity contribution is 0.0907. The first-order valence-electron chi connectivity index (χ1n) is 6.24. The maximum Gasteiger partial charge on any atom is 0.174 e. The Bertz CT molecular complexity index is 600. The van der Waals surface area contributed by atoms with Crippen LogP contribution in [0.2, 0.25) is 0 Å². The molecule has 0 radical (unpaired) electrons. The Morgan fingerprint density at radius 2 is 1.79 bits per heavy atom. The Morgan fingerprint density at radius 1 is 1.16 bits per heavy atom. The maximum absolute atomic E-state index is 12.7. The van der Waals surface area contributed by atoms with E-state index >= 15 is 0 Å². The summed E-state index contributed by atoms with van der Waals surface area (Å²) in [5.74, 6) is 0.0721. The Balaban J connectivity index is 2.42. The van der Waals surface area contributed by atoms with Crippen LogP contribution in [-0.4, -0.2) is 10.8 Å². The molecule has 0 aliphatic carbocycles. The van der Waals surface area contributed by atoms with Crippen molar-refractivity contribution < 1.29 is 4.79 Å². The van der Waals surface area contributed by atoms with E-state index in [4.69, 9.17) is 5.73 Å². The number of nitrogens with two attached hydrogens (primary N) is 1. The Labute approximate surface area is 113 Å². The number of carbonyl (C=O) groups is 1. The zero-order valence-corrected chi connectivity index (χ0v) is 11.5. The molecule has 0 saturated heterocycles. The third-order valence-electron chi connectivity index (χ3n) is 3.48. The topological polar surface area (TPSA) is 56.0 Å². The van der Waals surface area contributed by atoms with Crippen molar-refractivity contribution in [1.29, 1.82) is 0 Å². The smallest absolute Gasteiger partial charge is 0.174 e. The highest BCUT2D eigenvalue weighted by Gasteiger charge is 2.31. The normalized spacial score (nSPS) is 11.3. The molecule has 0 unspecified atom stereocenters. The van der Waals surface area contributed by atoms with Crippen molar-refractivity contribution in [3.8, 4) is 0 Å². The molecule has 19 heavy (non-hydrogen) atoms. The van der Waals surface area contributed by atoms with Gasteiger partial charge >= 0.3 is 0 Å². The van der Waals surface area contributed by atoms with Gasteiger partial charge in [-0.25, -0.2) is 0 Å². The summed E-state index contributed by atoms with van der Waals surface area (Å²) in [6.07, 6.45) is 3.33. The van der Waals surface area contributed by atoms with Crippen molar-refractivity contribution in [2.24, 2.45) is 0 Å². The summed E-state index contributed by atoms with van der Waals surface area (Å²) in [4.78, 5) is 16.7. The Hall–Kier alpha value is -2.16. The number of carbonyl (C=O) groups excluding carboxylic acids is 1. The molecule has 2 N–H and O–H groups in total. The molecule has 98 valence electrons. The van der Waals surface area contributed by atoms with E-state index in [9.17, 15) is 4.79 Å². The second kappa shape index (κ2) is 4.84. The van der Waals surface area contributed by atoms with Crippen LogP contribution in [0.5, 0.6) is 0 Å². The number of Topliss-reactive ketones (excluding diaryl/α,β-unsaturated/α-hetero) is 1. The van der Waals surface area contributed by atoms with Crippen LogP contribution in [-0.2, 0) is 5.41 Å². The van der Waals surface area contributed by atoms with E-state index in [0.29, 0.717) is 11.3 Å². The third-order valence-corrected chi connectivity index (χ3v) is 3.48. The van der Waals surface area contributed by atoms with E-state index in [1.165, 1.54) is 0 Å². The summed E-state index contributed by atoms with van der Waals surface area (Å²) < 4.78 is 0. The van der Waals surface area contributed by atoms with Crippen LogP contribution in [0, 0.1) is 6.92 Å². The SMILES string of the molecule is Cc1ccncc1C(=O)C(C)(C)c1ccc(N)cc1. The summed E-state index contributed by atoms with van der Waals surface area (Å²) in [6, 6.07) is 9.30. The molecule has 0 atom stereocenters. The maximum atomic E-state index is 12.7. The van der Waals surface area contributed by atoms with Gasteiger partial charge in [0.1, 0.15) is 0 Å². The average Bonchev–Trinajstić information content (AvgIpc) is 2.39. The van der Waals surface area contributed by atoms with E-state index in [1.54, 1.807) is 12.4 Å². The highest BCUT2D eigenvalue weighted by Crippen LogP contribution is 2.29. The van der Waals surface area contributed by atoms with E-state index in [0.717, 1.165) is 11.1 Å². The lowest BCUT2D eigenvalue weighted by Crippen LogP contribution is -2.29. The van der Waals surface area contributed by atoms with Gasteiger partial charge in [-0.2, -0.15) is 0 Å². The fraction of sp³-hybridized carbons (Fsp3) is 0.250. The minimum atomic E-state index is -0.596. The van der Waals surface area contributed by atoms with Gasteiger partial charge in [-0.3, -0.25) is 9.78 Å². The summed E-state index contributed by atoms with van der Waals surface area (Å²) in [7, 11) is 0. The number of nitrogens with zero attached hydrogens (tertiary/aromatic N) is 1. The quantitative estimate of drug-likeness (QED) is 0.676. The van der Waals surface area contributed by atoms with Gasteiger partial charge < -0.3 is 5.73 Å². The number of rotatable bonds is 3. The van der Waals surface area contributed by atoms with Crippen molar-refractivity contribution in [1.82, 2.24) is 4.98 Å². The molecule has 0 fully saturated rings. The van der Waals surface area contributed by atoms with Gasteiger partial charge in [-0.1, -0.05) is 12.1 Å². The molecular formula is C16H18N2O. The van der Waals surface area contributed by atoms with Gasteiger partial charge in [0.25, 0.3) is 0 Å². The average molecular weight is 254 g/mol. The van der Waals surface area contributed by atoms with Crippen molar-refractivity contribution in [2.45, 2.75) is 26.2 Å². The third kappa shape index (κ3) is 2.50. The number of aromatic nitrogens is 1. The number of ketones is 1. The number of hydrogen-bond donors (Lipinski definition) is 1. The number of anilines is 1. The molecule has 0 bridgehead atoms. The number of hydrogen-bond acceptors (Lipinski definition) is 3. The van der Waals surface area contributed by atoms with Gasteiger partial charge in [-0.15, -0.1) is 0 Å². The van der Waals surface area contributed by atoms with Crippen LogP contribution in [0.3, 0.4) is 0 Å². The molecule has 3 heteroatoms. The van der Waals surface area contributed by atoms with Crippen molar-refractivity contribution in [2.75, 3.05) is 5.73 Å². The minimum Gasteiger partial charge on any atom is -0.399 e. The van der Waals surface area contributed by atoms with Gasteiger partial charge in [0, 0.05) is 23.6 Å². The minimum absolute atomic E-state index is 0.0721. The van der Waals surface area contributed by atoms with E-state index in [2.05, 4.69) is 4.98 Å². The Morgan fingerprint density at radius 3 is 2.37 bits per heavy atom. The fourth-order valence-electron chi connectivity index (χ4n) is 2.07. The van der Waals surface area contributed by atoms with Crippen LogP contribution >= 0.6 is 0 Å². The molecule has 1 aromatic heterocycles. The number of pyridine rings is 1. The van der Waals surface area contributed by atoms with Crippen molar-refractivity contribution >= 4 is 11.5 Å². The largest absolute Gasteiger partial charge is 0.399 e. The predicted octanol–water partition coefficient (Wildman–Crippen LogP) is 3.13. The second-order valence-corrected chi connectivity index (χ2v) is 5.27. The highest BCUT2D eigenvalue weighted by molar-refractivity contribution is 6.04. The summed E-state index contributed by atoms with van der Waals surface area (Å²) >= 11 is 0. The molecule has 1 aromatic carbocycles. The molecule has 0 aliphatic heterocycles. The lowest BCUT2D eigenvalue weighted by Gasteiger charge is -2.24. The van der Waals surface area contributed by atoms with Gasteiger partial charge in [0.2, 0.25) is 0 Å². The summed E-state index contributed by atoms with van der Waals surface area (Å²) in [6.45, 7) is 5.77. The molecule has 3 nitrogen and oxygen atoms in total. The zero-order chi connectivity index (χ0) is 14.0. The Kier molecular flexibility index (Phi) is 3.38. The molecule has 2 aromatic rings. The molecule has 0 spiro atoms. The number of nitrogen functional groups attached to an aromatic ring is 1. The first-order chi connectivity index (χ1) is 8.93. The van der Waals surface area contributed by atoms with Crippen LogP contribution in [0.4, 0.5) is 5.69 Å². The molecule has 0 amide bonds. The number of benzene rings is 1. The van der Waals surface area contributed by atoms with Gasteiger partial charge in [-0.05, 0) is 50.1 Å². The van der Waals surface area contributed by atoms with Crippen LogP contribution in [0.15, 0.2) is 42.7 Å². The summed E-state index contributed by atoms with van der Waals surface area (Å²) in [5, 5.41) is 0. The second-order valence-electron chi connectivity index (χ2n) is 5.27. The summed E-state index contributed by atoms with van der Waals surface area (Å²) in [5.41, 5.74) is 8.36. The fourth-order valence-corrected chi connectivity index (χ4v) is 2.07.